The first-order valence-electron chi connectivity index (χ1n) is 7.76. The second-order valence-electron chi connectivity index (χ2n) is 5.58. The lowest BCUT2D eigenvalue weighted by atomic mass is 10.1. The second kappa shape index (κ2) is 8.67. The van der Waals surface area contributed by atoms with Gasteiger partial charge in [-0.3, -0.25) is 10.1 Å². The molecule has 0 saturated carbocycles. The van der Waals surface area contributed by atoms with E-state index in [0.717, 1.165) is 11.3 Å². The van der Waals surface area contributed by atoms with E-state index in [1.165, 1.54) is 15.8 Å². The molecule has 0 aliphatic heterocycles. The third-order valence-electron chi connectivity index (χ3n) is 3.36. The Hall–Kier alpha value is -3.10. The summed E-state index contributed by atoms with van der Waals surface area (Å²) in [5.41, 5.74) is 1.08. The minimum atomic E-state index is -0.310. The molecule has 0 aliphatic carbocycles. The normalized spacial score (nSPS) is 10.2. The van der Waals surface area contributed by atoms with E-state index in [0.29, 0.717) is 18.8 Å². The van der Waals surface area contributed by atoms with Gasteiger partial charge < -0.3 is 15.0 Å². The highest BCUT2D eigenvalue weighted by atomic mass is 16.5. The molecule has 1 heterocycles. The Morgan fingerprint density at radius 1 is 1.32 bits per heavy atom. The minimum absolute atomic E-state index is 0.0307. The summed E-state index contributed by atoms with van der Waals surface area (Å²) in [6.07, 6.45) is 2.20. The van der Waals surface area contributed by atoms with E-state index in [-0.39, 0.29) is 18.5 Å². The molecule has 134 valence electrons. The number of hydrogen-bond acceptors (Lipinski definition) is 5. The first kappa shape index (κ1) is 18.2. The molecule has 3 amide bonds. The Kier molecular flexibility index (Phi) is 6.33. The molecule has 9 nitrogen and oxygen atoms in total. The summed E-state index contributed by atoms with van der Waals surface area (Å²) >= 11 is 0. The highest BCUT2D eigenvalue weighted by Crippen LogP contribution is 2.12. The third kappa shape index (κ3) is 5.79. The molecule has 2 N–H and O–H groups in total. The number of methoxy groups -OCH3 is 1. The molecule has 0 saturated heterocycles. The number of nitrogens with one attached hydrogen (secondary N) is 2. The van der Waals surface area contributed by atoms with E-state index in [1.54, 1.807) is 21.2 Å². The van der Waals surface area contributed by atoms with Crippen LogP contribution in [0.15, 0.2) is 30.5 Å². The van der Waals surface area contributed by atoms with Crippen LogP contribution in [0.4, 0.5) is 10.6 Å². The highest BCUT2D eigenvalue weighted by Gasteiger charge is 2.09. The van der Waals surface area contributed by atoms with Crippen LogP contribution in [-0.4, -0.2) is 59.6 Å². The fourth-order valence-corrected chi connectivity index (χ4v) is 2.03. The van der Waals surface area contributed by atoms with E-state index >= 15 is 0 Å². The van der Waals surface area contributed by atoms with Crippen molar-refractivity contribution in [3.8, 4) is 5.75 Å². The summed E-state index contributed by atoms with van der Waals surface area (Å²) in [5.74, 6) is 0.903. The van der Waals surface area contributed by atoms with Crippen LogP contribution in [0.2, 0.25) is 0 Å². The van der Waals surface area contributed by atoms with Crippen molar-refractivity contribution in [3.63, 3.8) is 0 Å². The summed E-state index contributed by atoms with van der Waals surface area (Å²) in [6.45, 7) is 0.536. The second-order valence-corrected chi connectivity index (χ2v) is 5.58. The van der Waals surface area contributed by atoms with Crippen LogP contribution in [-0.2, 0) is 17.8 Å². The van der Waals surface area contributed by atoms with Gasteiger partial charge in [-0.1, -0.05) is 17.3 Å². The van der Waals surface area contributed by atoms with Gasteiger partial charge in [-0.2, -0.15) is 0 Å². The smallest absolute Gasteiger partial charge is 0.322 e. The van der Waals surface area contributed by atoms with E-state index in [2.05, 4.69) is 20.9 Å². The van der Waals surface area contributed by atoms with E-state index in [4.69, 9.17) is 4.74 Å². The number of carbonyl (C=O) groups excluding carboxylic acids is 2. The van der Waals surface area contributed by atoms with Crippen LogP contribution in [0.5, 0.6) is 5.75 Å². The van der Waals surface area contributed by atoms with Crippen LogP contribution < -0.4 is 15.4 Å². The van der Waals surface area contributed by atoms with Crippen molar-refractivity contribution in [2.75, 3.05) is 33.1 Å². The first-order valence-corrected chi connectivity index (χ1v) is 7.76. The van der Waals surface area contributed by atoms with Gasteiger partial charge >= 0.3 is 6.03 Å². The van der Waals surface area contributed by atoms with Crippen molar-refractivity contribution >= 4 is 17.8 Å². The van der Waals surface area contributed by atoms with Crippen LogP contribution in [0.1, 0.15) is 5.56 Å². The van der Waals surface area contributed by atoms with E-state index < -0.39 is 0 Å². The average Bonchev–Trinajstić information content (AvgIpc) is 3.01. The van der Waals surface area contributed by atoms with Gasteiger partial charge in [-0.15, -0.1) is 5.10 Å². The van der Waals surface area contributed by atoms with Crippen LogP contribution in [0.25, 0.3) is 0 Å². The monoisotopic (exact) mass is 346 g/mol. The van der Waals surface area contributed by atoms with E-state index in [1.807, 2.05) is 24.3 Å². The number of benzene rings is 1. The van der Waals surface area contributed by atoms with Gasteiger partial charge in [0.15, 0.2) is 5.82 Å². The van der Waals surface area contributed by atoms with Crippen molar-refractivity contribution in [2.45, 2.75) is 13.0 Å². The van der Waals surface area contributed by atoms with Crippen molar-refractivity contribution in [1.82, 2.24) is 25.2 Å². The Morgan fingerprint density at radius 2 is 2.12 bits per heavy atom. The zero-order chi connectivity index (χ0) is 18.2. The molecule has 0 atom stereocenters. The van der Waals surface area contributed by atoms with E-state index in [9.17, 15) is 9.59 Å². The van der Waals surface area contributed by atoms with Crippen molar-refractivity contribution in [1.29, 1.82) is 0 Å². The lowest BCUT2D eigenvalue weighted by Crippen LogP contribution is -2.29. The van der Waals surface area contributed by atoms with Crippen molar-refractivity contribution in [2.24, 2.45) is 0 Å². The molecular weight excluding hydrogens is 324 g/mol. The standard InChI is InChI=1S/C16H22N6O3/c1-21(2)16(24)18-14-10-22(20-19-14)11-15(23)17-8-7-12-5-4-6-13(9-12)25-3/h4-6,9-10H,7-8,11H2,1-3H3,(H,17,23)(H,18,24). The molecule has 0 unspecified atom stereocenters. The molecule has 0 bridgehead atoms. The summed E-state index contributed by atoms with van der Waals surface area (Å²) < 4.78 is 6.53. The lowest BCUT2D eigenvalue weighted by Gasteiger charge is -2.09. The predicted molar refractivity (Wildman–Crippen MR) is 92.4 cm³/mol. The molecule has 2 aromatic rings. The van der Waals surface area contributed by atoms with Crippen LogP contribution in [0, 0.1) is 0 Å². The molecule has 1 aromatic carbocycles. The molecule has 0 radical (unpaired) electrons. The number of ether oxygens (including phenoxy) is 1. The minimum Gasteiger partial charge on any atom is -0.497 e. The zero-order valence-electron chi connectivity index (χ0n) is 14.5. The summed E-state index contributed by atoms with van der Waals surface area (Å²) in [4.78, 5) is 24.8. The number of hydrogen-bond donors (Lipinski definition) is 2. The largest absolute Gasteiger partial charge is 0.497 e. The fourth-order valence-electron chi connectivity index (χ4n) is 2.03. The molecule has 25 heavy (non-hydrogen) atoms. The molecule has 0 aliphatic rings. The topological polar surface area (TPSA) is 101 Å². The Balaban J connectivity index is 1.76. The highest BCUT2D eigenvalue weighted by molar-refractivity contribution is 5.87. The quantitative estimate of drug-likeness (QED) is 0.770. The maximum Gasteiger partial charge on any atom is 0.322 e. The number of carbonyl (C=O) groups is 2. The Bertz CT molecular complexity index is 728. The average molecular weight is 346 g/mol. The van der Waals surface area contributed by atoms with Crippen molar-refractivity contribution < 1.29 is 14.3 Å². The molecule has 1 aromatic heterocycles. The van der Waals surface area contributed by atoms with Crippen LogP contribution >= 0.6 is 0 Å². The number of amides is 3. The third-order valence-corrected chi connectivity index (χ3v) is 3.36. The van der Waals surface area contributed by atoms with Gasteiger partial charge in [0.2, 0.25) is 5.91 Å². The molecular formula is C16H22N6O3. The Morgan fingerprint density at radius 3 is 2.84 bits per heavy atom. The van der Waals surface area contributed by atoms with Gasteiger partial charge in [0.1, 0.15) is 12.3 Å². The zero-order valence-corrected chi connectivity index (χ0v) is 14.5. The molecule has 0 spiro atoms. The summed E-state index contributed by atoms with van der Waals surface area (Å²) in [6, 6.07) is 7.39. The van der Waals surface area contributed by atoms with Gasteiger partial charge in [0.25, 0.3) is 0 Å². The molecule has 0 fully saturated rings. The predicted octanol–water partition coefficient (Wildman–Crippen LogP) is 0.739. The van der Waals surface area contributed by atoms with Gasteiger partial charge in [0.05, 0.1) is 13.3 Å². The fraction of sp³-hybridized carbons (Fsp3) is 0.375. The molecule has 2 rings (SSSR count). The number of urea groups is 1. The maximum absolute atomic E-state index is 11.9. The van der Waals surface area contributed by atoms with Crippen molar-refractivity contribution in [3.05, 3.63) is 36.0 Å². The lowest BCUT2D eigenvalue weighted by molar-refractivity contribution is -0.121. The summed E-state index contributed by atoms with van der Waals surface area (Å²) in [5, 5.41) is 13.0. The maximum atomic E-state index is 11.9. The first-order chi connectivity index (χ1) is 12.0. The van der Waals surface area contributed by atoms with Gasteiger partial charge in [0, 0.05) is 20.6 Å². The Labute approximate surface area is 145 Å². The number of rotatable bonds is 7. The molecule has 9 heteroatoms. The van der Waals surface area contributed by atoms with Crippen LogP contribution in [0.3, 0.4) is 0 Å². The SMILES string of the molecule is COc1cccc(CCNC(=O)Cn2cc(NC(=O)N(C)C)nn2)c1. The number of nitrogens with zero attached hydrogens (tertiary/aromatic N) is 4. The summed E-state index contributed by atoms with van der Waals surface area (Å²) in [7, 11) is 4.86. The number of aromatic nitrogens is 3. The van der Waals surface area contributed by atoms with Gasteiger partial charge in [-0.05, 0) is 24.1 Å². The van der Waals surface area contributed by atoms with Gasteiger partial charge in [-0.25, -0.2) is 9.48 Å². The number of anilines is 1.